The van der Waals surface area contributed by atoms with E-state index in [1.165, 1.54) is 4.90 Å². The van der Waals surface area contributed by atoms with E-state index < -0.39 is 0 Å². The van der Waals surface area contributed by atoms with Gasteiger partial charge in [-0.25, -0.2) is 4.68 Å². The quantitative estimate of drug-likeness (QED) is 0.731. The van der Waals surface area contributed by atoms with E-state index in [9.17, 15) is 0 Å². The molecule has 0 unspecified atom stereocenters. The van der Waals surface area contributed by atoms with E-state index in [-0.39, 0.29) is 0 Å². The molecule has 2 N–H and O–H groups in total. The zero-order valence-corrected chi connectivity index (χ0v) is 12.5. The van der Waals surface area contributed by atoms with Crippen molar-refractivity contribution < 1.29 is 0 Å². The topological polar surface area (TPSA) is 43.8 Å². The van der Waals surface area contributed by atoms with E-state index in [1.54, 1.807) is 11.8 Å². The van der Waals surface area contributed by atoms with Gasteiger partial charge >= 0.3 is 0 Å². The molecule has 1 heterocycles. The van der Waals surface area contributed by atoms with Crippen molar-refractivity contribution in [2.24, 2.45) is 5.73 Å². The van der Waals surface area contributed by atoms with E-state index in [1.807, 2.05) is 41.2 Å². The van der Waals surface area contributed by atoms with Gasteiger partial charge in [0.15, 0.2) is 0 Å². The van der Waals surface area contributed by atoms with E-state index >= 15 is 0 Å². The normalized spacial score (nSPS) is 10.7. The maximum absolute atomic E-state index is 5.67. The van der Waals surface area contributed by atoms with Gasteiger partial charge in [-0.15, -0.1) is 11.8 Å². The summed E-state index contributed by atoms with van der Waals surface area (Å²) in [5.74, 6) is 0.855. The Balaban J connectivity index is 1.67. The minimum atomic E-state index is 0.580. The van der Waals surface area contributed by atoms with Gasteiger partial charge in [0.1, 0.15) is 0 Å². The largest absolute Gasteiger partial charge is 0.326 e. The van der Waals surface area contributed by atoms with Crippen LogP contribution in [0.25, 0.3) is 5.69 Å². The van der Waals surface area contributed by atoms with E-state index in [0.717, 1.165) is 22.7 Å². The van der Waals surface area contributed by atoms with E-state index in [2.05, 4.69) is 35.4 Å². The monoisotopic (exact) mass is 295 g/mol. The number of benzene rings is 2. The van der Waals surface area contributed by atoms with Crippen LogP contribution in [0.2, 0.25) is 0 Å². The first-order valence-corrected chi connectivity index (χ1v) is 7.85. The molecule has 0 amide bonds. The summed E-state index contributed by atoms with van der Waals surface area (Å²) in [5.41, 5.74) is 8.98. The molecule has 0 radical (unpaired) electrons. The second kappa shape index (κ2) is 6.61. The first-order chi connectivity index (χ1) is 10.3. The maximum Gasteiger partial charge on any atom is 0.0731 e. The van der Waals surface area contributed by atoms with Crippen LogP contribution in [0.1, 0.15) is 11.3 Å². The van der Waals surface area contributed by atoms with E-state index in [4.69, 9.17) is 5.73 Å². The van der Waals surface area contributed by atoms with Gasteiger partial charge in [-0.1, -0.05) is 30.3 Å². The van der Waals surface area contributed by atoms with Crippen molar-refractivity contribution in [3.63, 3.8) is 0 Å². The maximum atomic E-state index is 5.67. The second-order valence-corrected chi connectivity index (χ2v) is 5.78. The van der Waals surface area contributed by atoms with Crippen molar-refractivity contribution in [2.75, 3.05) is 0 Å². The van der Waals surface area contributed by atoms with Crippen molar-refractivity contribution in [3.05, 3.63) is 78.1 Å². The molecule has 3 aromatic rings. The molecule has 0 saturated carbocycles. The standard InChI is InChI=1S/C17H17N3S/c18-12-14-5-4-8-17(11-14)21-13-15-9-10-20(19-15)16-6-2-1-3-7-16/h1-11H,12-13,18H2. The van der Waals surface area contributed by atoms with Gasteiger partial charge in [0.05, 0.1) is 11.4 Å². The number of thioether (sulfide) groups is 1. The Morgan fingerprint density at radius 2 is 1.86 bits per heavy atom. The first-order valence-electron chi connectivity index (χ1n) is 6.87. The summed E-state index contributed by atoms with van der Waals surface area (Å²) < 4.78 is 1.91. The Kier molecular flexibility index (Phi) is 4.38. The van der Waals surface area contributed by atoms with Crippen LogP contribution in [0.3, 0.4) is 0 Å². The highest BCUT2D eigenvalue weighted by Gasteiger charge is 2.02. The predicted octanol–water partition coefficient (Wildman–Crippen LogP) is 3.62. The number of aromatic nitrogens is 2. The number of hydrogen-bond acceptors (Lipinski definition) is 3. The molecule has 2 aromatic carbocycles. The lowest BCUT2D eigenvalue weighted by atomic mass is 10.2. The highest BCUT2D eigenvalue weighted by Crippen LogP contribution is 2.23. The Hall–Kier alpha value is -2.04. The molecule has 1 aromatic heterocycles. The number of rotatable bonds is 5. The third-order valence-electron chi connectivity index (χ3n) is 3.19. The smallest absolute Gasteiger partial charge is 0.0731 e. The van der Waals surface area contributed by atoms with Crippen molar-refractivity contribution in [2.45, 2.75) is 17.2 Å². The van der Waals surface area contributed by atoms with Crippen molar-refractivity contribution in [1.82, 2.24) is 9.78 Å². The molecule has 0 spiro atoms. The van der Waals surface area contributed by atoms with Gasteiger partial charge in [0.2, 0.25) is 0 Å². The summed E-state index contributed by atoms with van der Waals surface area (Å²) in [4.78, 5) is 1.23. The molecule has 106 valence electrons. The van der Waals surface area contributed by atoms with Crippen LogP contribution >= 0.6 is 11.8 Å². The van der Waals surface area contributed by atoms with Crippen molar-refractivity contribution >= 4 is 11.8 Å². The molecule has 0 aliphatic heterocycles. The van der Waals surface area contributed by atoms with Gasteiger partial charge in [-0.3, -0.25) is 0 Å². The zero-order chi connectivity index (χ0) is 14.5. The summed E-state index contributed by atoms with van der Waals surface area (Å²) in [6.07, 6.45) is 2.00. The van der Waals surface area contributed by atoms with Crippen molar-refractivity contribution in [3.8, 4) is 5.69 Å². The average molecular weight is 295 g/mol. The fourth-order valence-corrected chi connectivity index (χ4v) is 2.96. The fourth-order valence-electron chi connectivity index (χ4n) is 2.08. The van der Waals surface area contributed by atoms with E-state index in [0.29, 0.717) is 6.54 Å². The lowest BCUT2D eigenvalue weighted by Gasteiger charge is -2.03. The SMILES string of the molecule is NCc1cccc(SCc2ccn(-c3ccccc3)n2)c1. The lowest BCUT2D eigenvalue weighted by Crippen LogP contribution is -1.96. The van der Waals surface area contributed by atoms with Crippen LogP contribution in [0.15, 0.2) is 71.8 Å². The molecule has 0 saturated heterocycles. The van der Waals surface area contributed by atoms with Crippen LogP contribution in [0, 0.1) is 0 Å². The number of nitrogens with two attached hydrogens (primary N) is 1. The Morgan fingerprint density at radius 1 is 1.00 bits per heavy atom. The van der Waals surface area contributed by atoms with Crippen LogP contribution < -0.4 is 5.73 Å². The third-order valence-corrected chi connectivity index (χ3v) is 4.21. The van der Waals surface area contributed by atoms with Gasteiger partial charge < -0.3 is 5.73 Å². The minimum absolute atomic E-state index is 0.580. The number of nitrogens with zero attached hydrogens (tertiary/aromatic N) is 2. The number of hydrogen-bond donors (Lipinski definition) is 1. The van der Waals surface area contributed by atoms with Crippen LogP contribution in [0.4, 0.5) is 0 Å². The molecule has 21 heavy (non-hydrogen) atoms. The summed E-state index contributed by atoms with van der Waals surface area (Å²) >= 11 is 1.78. The van der Waals surface area contributed by atoms with Crippen LogP contribution in [-0.4, -0.2) is 9.78 Å². The summed E-state index contributed by atoms with van der Waals surface area (Å²) in [6, 6.07) is 20.6. The summed E-state index contributed by atoms with van der Waals surface area (Å²) in [6.45, 7) is 0.580. The van der Waals surface area contributed by atoms with Gasteiger partial charge in [-0.05, 0) is 35.9 Å². The Morgan fingerprint density at radius 3 is 2.67 bits per heavy atom. The Bertz CT molecular complexity index is 707. The predicted molar refractivity (Wildman–Crippen MR) is 87.5 cm³/mol. The average Bonchev–Trinajstić information content (AvgIpc) is 3.03. The minimum Gasteiger partial charge on any atom is -0.326 e. The molecule has 0 aliphatic rings. The highest BCUT2D eigenvalue weighted by atomic mass is 32.2. The first kappa shape index (κ1) is 13.9. The second-order valence-electron chi connectivity index (χ2n) is 4.73. The summed E-state index contributed by atoms with van der Waals surface area (Å²) in [5, 5.41) is 4.61. The molecular weight excluding hydrogens is 278 g/mol. The van der Waals surface area contributed by atoms with Crippen LogP contribution in [0.5, 0.6) is 0 Å². The molecule has 4 heteroatoms. The zero-order valence-electron chi connectivity index (χ0n) is 11.6. The van der Waals surface area contributed by atoms with Crippen molar-refractivity contribution in [1.29, 1.82) is 0 Å². The molecule has 0 bridgehead atoms. The summed E-state index contributed by atoms with van der Waals surface area (Å²) in [7, 11) is 0. The van der Waals surface area contributed by atoms with Gasteiger partial charge in [0, 0.05) is 23.4 Å². The van der Waals surface area contributed by atoms with Crippen LogP contribution in [-0.2, 0) is 12.3 Å². The highest BCUT2D eigenvalue weighted by molar-refractivity contribution is 7.98. The van der Waals surface area contributed by atoms with Gasteiger partial charge in [-0.2, -0.15) is 5.10 Å². The molecule has 0 aliphatic carbocycles. The third kappa shape index (κ3) is 3.54. The lowest BCUT2D eigenvalue weighted by molar-refractivity contribution is 0.859. The Labute approximate surface area is 128 Å². The molecule has 0 atom stereocenters. The molecule has 3 rings (SSSR count). The van der Waals surface area contributed by atoms with Gasteiger partial charge in [0.25, 0.3) is 0 Å². The molecule has 0 fully saturated rings. The molecule has 3 nitrogen and oxygen atoms in total. The molecular formula is C17H17N3S. The number of para-hydroxylation sites is 1. The fraction of sp³-hybridized carbons (Fsp3) is 0.118.